The minimum absolute atomic E-state index is 0.138. The smallest absolute Gasteiger partial charge is 0.343 e. The average Bonchev–Trinajstić information content (AvgIpc) is 3.39. The van der Waals surface area contributed by atoms with Crippen molar-refractivity contribution in [2.24, 2.45) is 5.10 Å². The Hall–Kier alpha value is -5.48. The van der Waals surface area contributed by atoms with Gasteiger partial charge in [0.15, 0.2) is 11.5 Å². The number of methoxy groups -OCH3 is 1. The lowest BCUT2D eigenvalue weighted by atomic mass is 10.0. The highest BCUT2D eigenvalue weighted by Crippen LogP contribution is 2.35. The molecule has 1 heterocycles. The normalized spacial score (nSPS) is 11.0. The quantitative estimate of drug-likeness (QED) is 0.0732. The summed E-state index contributed by atoms with van der Waals surface area (Å²) in [4.78, 5) is 39.1. The number of carbonyl (C=O) groups is 2. The molecular formula is C30H21ClN4O6. The molecule has 0 fully saturated rings. The largest absolute Gasteiger partial charge is 0.493 e. The van der Waals surface area contributed by atoms with Crippen molar-refractivity contribution >= 4 is 46.3 Å². The summed E-state index contributed by atoms with van der Waals surface area (Å²) in [6.07, 6.45) is 1.42. The number of fused-ring (bicyclic) bond motifs is 1. The highest BCUT2D eigenvalue weighted by molar-refractivity contribution is 6.36. The van der Waals surface area contributed by atoms with E-state index in [0.29, 0.717) is 27.4 Å². The molecule has 0 aliphatic carbocycles. The topological polar surface area (TPSA) is 136 Å². The summed E-state index contributed by atoms with van der Waals surface area (Å²) in [5, 5.41) is 16.2. The maximum absolute atomic E-state index is 13.2. The summed E-state index contributed by atoms with van der Waals surface area (Å²) in [6, 6.07) is 24.7. The van der Waals surface area contributed by atoms with Crippen LogP contribution in [0.25, 0.3) is 22.0 Å². The third kappa shape index (κ3) is 5.77. The zero-order chi connectivity index (χ0) is 28.9. The van der Waals surface area contributed by atoms with Crippen LogP contribution in [0.1, 0.15) is 26.4 Å². The number of carbonyl (C=O) groups excluding carboxylic acids is 2. The fourth-order valence-electron chi connectivity index (χ4n) is 4.20. The van der Waals surface area contributed by atoms with Gasteiger partial charge in [0.2, 0.25) is 0 Å². The number of ether oxygens (including phenoxy) is 2. The van der Waals surface area contributed by atoms with Gasteiger partial charge in [-0.1, -0.05) is 54.1 Å². The van der Waals surface area contributed by atoms with Crippen LogP contribution in [0.5, 0.6) is 11.5 Å². The number of H-pyrrole nitrogens is 1. The van der Waals surface area contributed by atoms with E-state index in [4.69, 9.17) is 21.1 Å². The lowest BCUT2D eigenvalue weighted by Crippen LogP contribution is -2.18. The number of para-hydroxylation sites is 1. The minimum Gasteiger partial charge on any atom is -0.493 e. The molecule has 4 aromatic carbocycles. The molecule has 1 aromatic heterocycles. The second-order valence-corrected chi connectivity index (χ2v) is 9.11. The molecule has 5 aromatic rings. The number of aromatic amines is 1. The highest BCUT2D eigenvalue weighted by atomic mass is 35.5. The summed E-state index contributed by atoms with van der Waals surface area (Å²) in [5.74, 6) is -0.792. The van der Waals surface area contributed by atoms with Crippen molar-refractivity contribution < 1.29 is 24.0 Å². The predicted molar refractivity (Wildman–Crippen MR) is 155 cm³/mol. The second kappa shape index (κ2) is 11.7. The van der Waals surface area contributed by atoms with E-state index in [2.05, 4.69) is 15.5 Å². The molecular weight excluding hydrogens is 548 g/mol. The summed E-state index contributed by atoms with van der Waals surface area (Å²) in [5.41, 5.74) is 5.60. The summed E-state index contributed by atoms with van der Waals surface area (Å²) in [6.45, 7) is 0. The number of amides is 1. The molecule has 0 saturated heterocycles. The molecule has 1 amide bonds. The van der Waals surface area contributed by atoms with Crippen LogP contribution in [-0.4, -0.2) is 35.1 Å². The standard InChI is InChI=1S/C30H21ClN4O6/c1-40-25-16-18(10-15-24(25)41-30(37)20-11-13-21(14-12-20)35(38)39)17-32-34-29(36)28-26(19-6-3-2-4-7-19)22-8-5-9-23(31)27(22)33-28/h2-17,33H,1H3,(H,34,36). The number of hydrazone groups is 1. The van der Waals surface area contributed by atoms with Crippen LogP contribution >= 0.6 is 11.6 Å². The molecule has 0 atom stereocenters. The Morgan fingerprint density at radius 3 is 2.44 bits per heavy atom. The monoisotopic (exact) mass is 568 g/mol. The van der Waals surface area contributed by atoms with Crippen LogP contribution in [0.2, 0.25) is 5.02 Å². The van der Waals surface area contributed by atoms with Gasteiger partial charge in [0.25, 0.3) is 11.6 Å². The number of rotatable bonds is 8. The van der Waals surface area contributed by atoms with Crippen molar-refractivity contribution in [3.63, 3.8) is 0 Å². The van der Waals surface area contributed by atoms with Gasteiger partial charge in [0.1, 0.15) is 5.69 Å². The number of esters is 1. The van der Waals surface area contributed by atoms with E-state index in [0.717, 1.165) is 10.9 Å². The first kappa shape index (κ1) is 27.1. The Bertz CT molecular complexity index is 1800. The fourth-order valence-corrected chi connectivity index (χ4v) is 4.43. The summed E-state index contributed by atoms with van der Waals surface area (Å²) in [7, 11) is 1.41. The van der Waals surface area contributed by atoms with Crippen molar-refractivity contribution in [2.45, 2.75) is 0 Å². The number of aromatic nitrogens is 1. The Balaban J connectivity index is 1.33. The molecule has 0 unspecified atom stereocenters. The number of hydrogen-bond acceptors (Lipinski definition) is 7. The van der Waals surface area contributed by atoms with Crippen molar-refractivity contribution in [2.75, 3.05) is 7.11 Å². The second-order valence-electron chi connectivity index (χ2n) is 8.71. The first-order chi connectivity index (χ1) is 19.9. The van der Waals surface area contributed by atoms with E-state index < -0.39 is 16.8 Å². The SMILES string of the molecule is COc1cc(C=NNC(=O)c2[nH]c3c(Cl)cccc3c2-c2ccccc2)ccc1OC(=O)c1ccc([N+](=O)[O-])cc1. The van der Waals surface area contributed by atoms with E-state index in [9.17, 15) is 19.7 Å². The van der Waals surface area contributed by atoms with E-state index >= 15 is 0 Å². The van der Waals surface area contributed by atoms with Gasteiger partial charge < -0.3 is 14.5 Å². The number of nitrogens with zero attached hydrogens (tertiary/aromatic N) is 2. The minimum atomic E-state index is -0.709. The van der Waals surface area contributed by atoms with Crippen LogP contribution in [0.4, 0.5) is 5.69 Å². The Morgan fingerprint density at radius 1 is 0.976 bits per heavy atom. The molecule has 0 saturated carbocycles. The number of nitrogens with one attached hydrogen (secondary N) is 2. The maximum atomic E-state index is 13.2. The van der Waals surface area contributed by atoms with Crippen molar-refractivity contribution in [1.82, 2.24) is 10.4 Å². The summed E-state index contributed by atoms with van der Waals surface area (Å²) < 4.78 is 10.8. The van der Waals surface area contributed by atoms with Gasteiger partial charge in [-0.2, -0.15) is 5.10 Å². The number of halogens is 1. The zero-order valence-corrected chi connectivity index (χ0v) is 22.2. The van der Waals surface area contributed by atoms with Crippen LogP contribution < -0.4 is 14.9 Å². The van der Waals surface area contributed by atoms with Gasteiger partial charge in [-0.05, 0) is 47.5 Å². The first-order valence-corrected chi connectivity index (χ1v) is 12.6. The lowest BCUT2D eigenvalue weighted by molar-refractivity contribution is -0.384. The van der Waals surface area contributed by atoms with Gasteiger partial charge in [-0.3, -0.25) is 14.9 Å². The number of nitro groups is 1. The molecule has 0 radical (unpaired) electrons. The predicted octanol–water partition coefficient (Wildman–Crippen LogP) is 6.39. The molecule has 204 valence electrons. The van der Waals surface area contributed by atoms with Gasteiger partial charge in [0.05, 0.1) is 34.4 Å². The van der Waals surface area contributed by atoms with Crippen molar-refractivity contribution in [1.29, 1.82) is 0 Å². The molecule has 10 nitrogen and oxygen atoms in total. The Morgan fingerprint density at radius 2 is 1.73 bits per heavy atom. The molecule has 0 aliphatic heterocycles. The molecule has 2 N–H and O–H groups in total. The van der Waals surface area contributed by atoms with E-state index in [1.165, 1.54) is 43.7 Å². The van der Waals surface area contributed by atoms with E-state index in [-0.39, 0.29) is 22.7 Å². The van der Waals surface area contributed by atoms with Crippen molar-refractivity contribution in [3.8, 4) is 22.6 Å². The maximum Gasteiger partial charge on any atom is 0.343 e. The Labute approximate surface area is 238 Å². The fraction of sp³-hybridized carbons (Fsp3) is 0.0333. The summed E-state index contributed by atoms with van der Waals surface area (Å²) >= 11 is 6.38. The number of benzene rings is 4. The molecule has 0 bridgehead atoms. The highest BCUT2D eigenvalue weighted by Gasteiger charge is 2.20. The molecule has 0 spiro atoms. The van der Waals surface area contributed by atoms with Crippen LogP contribution in [0.3, 0.4) is 0 Å². The van der Waals surface area contributed by atoms with E-state index in [1.807, 2.05) is 42.5 Å². The van der Waals surface area contributed by atoms with Crippen LogP contribution in [-0.2, 0) is 0 Å². The third-order valence-electron chi connectivity index (χ3n) is 6.16. The van der Waals surface area contributed by atoms with Gasteiger partial charge in [-0.15, -0.1) is 0 Å². The number of hydrogen-bond donors (Lipinski definition) is 2. The first-order valence-electron chi connectivity index (χ1n) is 12.2. The van der Waals surface area contributed by atoms with Crippen LogP contribution in [0.15, 0.2) is 96.1 Å². The van der Waals surface area contributed by atoms with Gasteiger partial charge in [-0.25, -0.2) is 10.2 Å². The van der Waals surface area contributed by atoms with Gasteiger partial charge in [0, 0.05) is 23.1 Å². The Kier molecular flexibility index (Phi) is 7.75. The molecule has 0 aliphatic rings. The zero-order valence-electron chi connectivity index (χ0n) is 21.5. The van der Waals surface area contributed by atoms with Gasteiger partial charge >= 0.3 is 5.97 Å². The molecule has 11 heteroatoms. The van der Waals surface area contributed by atoms with E-state index in [1.54, 1.807) is 18.2 Å². The number of nitro benzene ring substituents is 1. The van der Waals surface area contributed by atoms with Crippen LogP contribution in [0, 0.1) is 10.1 Å². The van der Waals surface area contributed by atoms with Crippen molar-refractivity contribution in [3.05, 3.63) is 123 Å². The molecule has 41 heavy (non-hydrogen) atoms. The molecule has 5 rings (SSSR count). The average molecular weight is 569 g/mol. The number of non-ortho nitro benzene ring substituents is 1. The third-order valence-corrected chi connectivity index (χ3v) is 6.47. The lowest BCUT2D eigenvalue weighted by Gasteiger charge is -2.10.